The minimum absolute atomic E-state index is 0.453. The zero-order chi connectivity index (χ0) is 13.2. The first-order valence-electron chi connectivity index (χ1n) is 5.53. The second-order valence-corrected chi connectivity index (χ2v) is 3.54. The Bertz CT molecular complexity index is 438. The third kappa shape index (κ3) is 4.82. The van der Waals surface area contributed by atoms with Gasteiger partial charge in [-0.1, -0.05) is 12.1 Å². The Morgan fingerprint density at radius 3 is 3.06 bits per heavy atom. The van der Waals surface area contributed by atoms with Crippen LogP contribution < -0.4 is 16.6 Å². The minimum Gasteiger partial charge on any atom is -0.383 e. The highest BCUT2D eigenvalue weighted by atomic mass is 16.5. The van der Waals surface area contributed by atoms with Crippen LogP contribution in [0.1, 0.15) is 11.1 Å². The molecule has 0 radical (unpaired) electrons. The molecule has 4 N–H and O–H groups in total. The first-order chi connectivity index (χ1) is 8.80. The summed E-state index contributed by atoms with van der Waals surface area (Å²) in [7, 11) is 1.63. The Morgan fingerprint density at radius 2 is 2.39 bits per heavy atom. The molecule has 0 saturated carbocycles. The van der Waals surface area contributed by atoms with E-state index in [9.17, 15) is 0 Å². The van der Waals surface area contributed by atoms with Gasteiger partial charge in [-0.2, -0.15) is 5.26 Å². The lowest BCUT2D eigenvalue weighted by atomic mass is 10.1. The van der Waals surface area contributed by atoms with Gasteiger partial charge in [0.15, 0.2) is 0 Å². The highest BCUT2D eigenvalue weighted by molar-refractivity contribution is 5.79. The average Bonchev–Trinajstić information content (AvgIpc) is 2.43. The summed E-state index contributed by atoms with van der Waals surface area (Å²) in [4.78, 5) is 4.26. The fraction of sp³-hybridized carbons (Fsp3) is 0.333. The fourth-order valence-electron chi connectivity index (χ4n) is 1.33. The number of nitrogens with two attached hydrogens (primary N) is 1. The number of aliphatic imine (C=N–C) groups is 1. The number of hydrogen-bond acceptors (Lipinski definition) is 4. The zero-order valence-corrected chi connectivity index (χ0v) is 10.3. The molecule has 0 atom stereocenters. The third-order valence-corrected chi connectivity index (χ3v) is 2.21. The lowest BCUT2D eigenvalue weighted by Gasteiger charge is -2.08. The van der Waals surface area contributed by atoms with Crippen LogP contribution in [-0.4, -0.2) is 26.2 Å². The van der Waals surface area contributed by atoms with E-state index < -0.39 is 0 Å². The molecule has 0 spiro atoms. The van der Waals surface area contributed by atoms with Crippen molar-refractivity contribution in [1.82, 2.24) is 10.7 Å². The molecule has 1 aromatic carbocycles. The summed E-state index contributed by atoms with van der Waals surface area (Å²) < 4.78 is 4.91. The van der Waals surface area contributed by atoms with Crippen molar-refractivity contribution < 1.29 is 4.74 Å². The SMILES string of the molecule is COCCNC(=NCc1cccc(C#N)c1)NN. The summed E-state index contributed by atoms with van der Waals surface area (Å²) >= 11 is 0. The summed E-state index contributed by atoms with van der Waals surface area (Å²) in [5, 5.41) is 11.8. The van der Waals surface area contributed by atoms with Crippen molar-refractivity contribution in [2.24, 2.45) is 10.8 Å². The first-order valence-corrected chi connectivity index (χ1v) is 5.53. The largest absolute Gasteiger partial charge is 0.383 e. The van der Waals surface area contributed by atoms with Crippen LogP contribution in [0, 0.1) is 11.3 Å². The maximum absolute atomic E-state index is 8.78. The average molecular weight is 247 g/mol. The van der Waals surface area contributed by atoms with Crippen molar-refractivity contribution >= 4 is 5.96 Å². The van der Waals surface area contributed by atoms with Crippen LogP contribution in [0.4, 0.5) is 0 Å². The van der Waals surface area contributed by atoms with E-state index in [1.165, 1.54) is 0 Å². The molecule has 0 fully saturated rings. The van der Waals surface area contributed by atoms with E-state index in [0.717, 1.165) is 5.56 Å². The number of hydrogen-bond donors (Lipinski definition) is 3. The van der Waals surface area contributed by atoms with Gasteiger partial charge >= 0.3 is 0 Å². The topological polar surface area (TPSA) is 95.5 Å². The summed E-state index contributed by atoms with van der Waals surface area (Å²) in [6.45, 7) is 1.65. The number of nitrogens with one attached hydrogen (secondary N) is 2. The van der Waals surface area contributed by atoms with E-state index in [2.05, 4.69) is 21.8 Å². The normalized spacial score (nSPS) is 10.8. The predicted octanol–water partition coefficient (Wildman–Crippen LogP) is 0.114. The number of methoxy groups -OCH3 is 1. The molecular formula is C12H17N5O. The van der Waals surface area contributed by atoms with E-state index in [-0.39, 0.29) is 0 Å². The van der Waals surface area contributed by atoms with Gasteiger partial charge in [-0.3, -0.25) is 5.43 Å². The Labute approximate surface area is 106 Å². The van der Waals surface area contributed by atoms with Gasteiger partial charge < -0.3 is 10.1 Å². The van der Waals surface area contributed by atoms with Gasteiger partial charge in [0.05, 0.1) is 24.8 Å². The summed E-state index contributed by atoms with van der Waals surface area (Å²) in [6.07, 6.45) is 0. The van der Waals surface area contributed by atoms with Crippen molar-refractivity contribution in [1.29, 1.82) is 5.26 Å². The van der Waals surface area contributed by atoms with Gasteiger partial charge in [-0.05, 0) is 17.7 Å². The van der Waals surface area contributed by atoms with Gasteiger partial charge in [0.2, 0.25) is 5.96 Å². The van der Waals surface area contributed by atoms with Gasteiger partial charge in [-0.25, -0.2) is 10.8 Å². The van der Waals surface area contributed by atoms with Crippen LogP contribution in [-0.2, 0) is 11.3 Å². The van der Waals surface area contributed by atoms with Gasteiger partial charge in [-0.15, -0.1) is 0 Å². The number of guanidine groups is 1. The van der Waals surface area contributed by atoms with E-state index in [0.29, 0.717) is 31.2 Å². The first kappa shape index (κ1) is 14.0. The Hall–Kier alpha value is -2.10. The second-order valence-electron chi connectivity index (χ2n) is 3.54. The van der Waals surface area contributed by atoms with E-state index in [1.54, 1.807) is 19.2 Å². The number of nitriles is 1. The smallest absolute Gasteiger partial charge is 0.206 e. The summed E-state index contributed by atoms with van der Waals surface area (Å²) in [5.41, 5.74) is 4.05. The molecule has 0 amide bonds. The van der Waals surface area contributed by atoms with Crippen LogP contribution in [0.25, 0.3) is 0 Å². The summed E-state index contributed by atoms with van der Waals surface area (Å²) in [5.74, 6) is 5.83. The molecule has 1 rings (SSSR count). The third-order valence-electron chi connectivity index (χ3n) is 2.21. The number of rotatable bonds is 5. The molecular weight excluding hydrogens is 230 g/mol. The molecule has 0 saturated heterocycles. The molecule has 6 heteroatoms. The number of hydrazine groups is 1. The van der Waals surface area contributed by atoms with Crippen molar-refractivity contribution in [2.75, 3.05) is 20.3 Å². The lowest BCUT2D eigenvalue weighted by molar-refractivity contribution is 0.203. The fourth-order valence-corrected chi connectivity index (χ4v) is 1.33. The van der Waals surface area contributed by atoms with Crippen LogP contribution in [0.3, 0.4) is 0 Å². The van der Waals surface area contributed by atoms with E-state index in [1.807, 2.05) is 12.1 Å². The quantitative estimate of drug-likeness (QED) is 0.226. The number of nitrogens with zero attached hydrogens (tertiary/aromatic N) is 2. The molecule has 0 aliphatic carbocycles. The molecule has 0 aliphatic rings. The molecule has 18 heavy (non-hydrogen) atoms. The van der Waals surface area contributed by atoms with Crippen LogP contribution >= 0.6 is 0 Å². The van der Waals surface area contributed by atoms with Crippen molar-refractivity contribution in [3.05, 3.63) is 35.4 Å². The molecule has 0 aromatic heterocycles. The van der Waals surface area contributed by atoms with Gasteiger partial charge in [0.1, 0.15) is 0 Å². The standard InChI is InChI=1S/C12H17N5O/c1-18-6-5-15-12(17-14)16-9-11-4-2-3-10(7-11)8-13/h2-4,7H,5-6,9,14H2,1H3,(H2,15,16,17). The maximum atomic E-state index is 8.78. The molecule has 6 nitrogen and oxygen atoms in total. The Balaban J connectivity index is 2.56. The van der Waals surface area contributed by atoms with Crippen molar-refractivity contribution in [3.8, 4) is 6.07 Å². The van der Waals surface area contributed by atoms with E-state index >= 15 is 0 Å². The molecule has 96 valence electrons. The van der Waals surface area contributed by atoms with Crippen LogP contribution in [0.5, 0.6) is 0 Å². The van der Waals surface area contributed by atoms with E-state index in [4.69, 9.17) is 15.8 Å². The minimum atomic E-state index is 0.453. The van der Waals surface area contributed by atoms with Crippen molar-refractivity contribution in [2.45, 2.75) is 6.54 Å². The molecule has 0 aliphatic heterocycles. The highest BCUT2D eigenvalue weighted by Crippen LogP contribution is 2.05. The zero-order valence-electron chi connectivity index (χ0n) is 10.3. The second kappa shape index (κ2) is 8.06. The molecule has 0 heterocycles. The molecule has 1 aromatic rings. The number of ether oxygens (including phenoxy) is 1. The molecule has 0 bridgehead atoms. The van der Waals surface area contributed by atoms with Crippen molar-refractivity contribution in [3.63, 3.8) is 0 Å². The van der Waals surface area contributed by atoms with Crippen LogP contribution in [0.2, 0.25) is 0 Å². The van der Waals surface area contributed by atoms with Crippen LogP contribution in [0.15, 0.2) is 29.3 Å². The van der Waals surface area contributed by atoms with Gasteiger partial charge in [0, 0.05) is 13.7 Å². The molecule has 0 unspecified atom stereocenters. The Morgan fingerprint density at radius 1 is 1.56 bits per heavy atom. The number of benzene rings is 1. The maximum Gasteiger partial charge on any atom is 0.206 e. The Kier molecular flexibility index (Phi) is 6.25. The summed E-state index contributed by atoms with van der Waals surface area (Å²) in [6, 6.07) is 9.39. The monoisotopic (exact) mass is 247 g/mol. The highest BCUT2D eigenvalue weighted by Gasteiger charge is 1.97. The predicted molar refractivity (Wildman–Crippen MR) is 69.5 cm³/mol. The van der Waals surface area contributed by atoms with Gasteiger partial charge in [0.25, 0.3) is 0 Å². The lowest BCUT2D eigenvalue weighted by Crippen LogP contribution is -2.42.